The van der Waals surface area contributed by atoms with Gasteiger partial charge in [-0.2, -0.15) is 5.06 Å². The van der Waals surface area contributed by atoms with E-state index in [4.69, 9.17) is 9.57 Å². The second kappa shape index (κ2) is 12.7. The third kappa shape index (κ3) is 9.67. The Morgan fingerprint density at radius 3 is 2.00 bits per heavy atom. The third-order valence-electron chi connectivity index (χ3n) is 6.82. The summed E-state index contributed by atoms with van der Waals surface area (Å²) in [5, 5.41) is 2.27. The van der Waals surface area contributed by atoms with Crippen LogP contribution in [-0.2, 0) is 9.57 Å². The summed E-state index contributed by atoms with van der Waals surface area (Å²) in [5.41, 5.74) is 1.26. The molecule has 0 aromatic heterocycles. The van der Waals surface area contributed by atoms with Crippen LogP contribution in [0.25, 0.3) is 0 Å². The molecule has 184 valence electrons. The number of nitrogens with zero attached hydrogens (tertiary/aromatic N) is 1. The van der Waals surface area contributed by atoms with Crippen molar-refractivity contribution < 1.29 is 9.57 Å². The average Bonchev–Trinajstić information content (AvgIpc) is 2.70. The molecular formula is C28H51NO2Si. The van der Waals surface area contributed by atoms with Gasteiger partial charge in [-0.25, -0.2) is 0 Å². The molecule has 2 rings (SSSR count). The maximum atomic E-state index is 6.72. The van der Waals surface area contributed by atoms with Crippen molar-refractivity contribution in [2.75, 3.05) is 13.2 Å². The van der Waals surface area contributed by atoms with Gasteiger partial charge in [0.1, 0.15) is 6.10 Å². The highest BCUT2D eigenvalue weighted by Crippen LogP contribution is 2.40. The highest BCUT2D eigenvalue weighted by atomic mass is 28.3. The van der Waals surface area contributed by atoms with Crippen LogP contribution in [0.4, 0.5) is 0 Å². The van der Waals surface area contributed by atoms with E-state index in [1.54, 1.807) is 0 Å². The molecule has 1 saturated heterocycles. The van der Waals surface area contributed by atoms with Gasteiger partial charge < -0.3 is 4.74 Å². The molecule has 0 aliphatic carbocycles. The van der Waals surface area contributed by atoms with Crippen LogP contribution in [0.3, 0.4) is 0 Å². The van der Waals surface area contributed by atoms with E-state index < -0.39 is 8.07 Å². The lowest BCUT2D eigenvalue weighted by atomic mass is 9.82. The molecule has 0 radical (unpaired) electrons. The van der Waals surface area contributed by atoms with E-state index in [1.165, 1.54) is 50.1 Å². The van der Waals surface area contributed by atoms with Gasteiger partial charge in [0.25, 0.3) is 0 Å². The van der Waals surface area contributed by atoms with Gasteiger partial charge in [-0.05, 0) is 58.9 Å². The van der Waals surface area contributed by atoms with E-state index in [0.29, 0.717) is 6.61 Å². The number of ether oxygens (including phenoxy) is 1. The van der Waals surface area contributed by atoms with Crippen LogP contribution in [-0.4, -0.2) is 37.4 Å². The van der Waals surface area contributed by atoms with Gasteiger partial charge in [0.05, 0.1) is 6.61 Å². The molecule has 0 spiro atoms. The molecule has 32 heavy (non-hydrogen) atoms. The fourth-order valence-corrected chi connectivity index (χ4v) is 6.31. The van der Waals surface area contributed by atoms with E-state index in [2.05, 4.69) is 82.7 Å². The molecule has 1 aliphatic rings. The molecule has 1 atom stereocenters. The maximum absolute atomic E-state index is 6.72. The molecule has 0 bridgehead atoms. The van der Waals surface area contributed by atoms with Gasteiger partial charge in [0.15, 0.2) is 0 Å². The highest BCUT2D eigenvalue weighted by Gasteiger charge is 2.43. The molecule has 4 heteroatoms. The zero-order valence-corrected chi connectivity index (χ0v) is 23.2. The minimum Gasteiger partial charge on any atom is -0.378 e. The first kappa shape index (κ1) is 27.6. The molecular weight excluding hydrogens is 410 g/mol. The topological polar surface area (TPSA) is 21.7 Å². The Hall–Kier alpha value is -0.683. The number of unbranched alkanes of at least 4 members (excludes halogenated alkanes) is 5. The number of hydroxylamine groups is 2. The Morgan fingerprint density at radius 1 is 0.844 bits per heavy atom. The second-order valence-corrected chi connectivity index (χ2v) is 17.9. The van der Waals surface area contributed by atoms with E-state index in [-0.39, 0.29) is 17.2 Å². The highest BCUT2D eigenvalue weighted by molar-refractivity contribution is 6.76. The summed E-state index contributed by atoms with van der Waals surface area (Å²) in [5.74, 6) is 0. The lowest BCUT2D eigenvalue weighted by Crippen LogP contribution is -2.58. The molecule has 0 N–H and O–H groups in total. The fourth-order valence-electron chi connectivity index (χ4n) is 5.00. The first-order valence-corrected chi connectivity index (χ1v) is 16.8. The minimum atomic E-state index is -0.852. The van der Waals surface area contributed by atoms with Crippen molar-refractivity contribution in [1.29, 1.82) is 0 Å². The number of benzene rings is 1. The molecule has 1 fully saturated rings. The van der Waals surface area contributed by atoms with Gasteiger partial charge in [-0.3, -0.25) is 4.84 Å². The monoisotopic (exact) mass is 461 g/mol. The van der Waals surface area contributed by atoms with Gasteiger partial charge in [0.2, 0.25) is 0 Å². The SMILES string of the molecule is CC1(C)CCCC(C)(C)N1OC(COCCCCCCCC[Si](C)(C)C)c1ccccc1. The number of hydrogen-bond donors (Lipinski definition) is 0. The quantitative estimate of drug-likeness (QED) is 0.205. The number of rotatable bonds is 14. The van der Waals surface area contributed by atoms with Crippen molar-refractivity contribution >= 4 is 8.07 Å². The summed E-state index contributed by atoms with van der Waals surface area (Å²) in [6, 6.07) is 12.1. The second-order valence-electron chi connectivity index (χ2n) is 12.3. The predicted molar refractivity (Wildman–Crippen MR) is 141 cm³/mol. The van der Waals surface area contributed by atoms with Gasteiger partial charge >= 0.3 is 0 Å². The van der Waals surface area contributed by atoms with Gasteiger partial charge in [0, 0.05) is 25.8 Å². The Labute approximate surface area is 200 Å². The van der Waals surface area contributed by atoms with Crippen LogP contribution in [0, 0.1) is 0 Å². The van der Waals surface area contributed by atoms with Crippen molar-refractivity contribution in [3.8, 4) is 0 Å². The van der Waals surface area contributed by atoms with E-state index in [1.807, 2.05) is 0 Å². The third-order valence-corrected chi connectivity index (χ3v) is 8.67. The van der Waals surface area contributed by atoms with Crippen molar-refractivity contribution in [2.45, 2.75) is 128 Å². The Morgan fingerprint density at radius 2 is 1.41 bits per heavy atom. The lowest BCUT2D eigenvalue weighted by molar-refractivity contribution is -0.312. The first-order valence-electron chi connectivity index (χ1n) is 13.1. The fraction of sp³-hybridized carbons (Fsp3) is 0.786. The molecule has 0 amide bonds. The van der Waals surface area contributed by atoms with Crippen molar-refractivity contribution in [2.24, 2.45) is 0 Å². The predicted octanol–water partition coefficient (Wildman–Crippen LogP) is 8.40. The zero-order valence-electron chi connectivity index (χ0n) is 22.2. The van der Waals surface area contributed by atoms with Crippen LogP contribution < -0.4 is 0 Å². The Kier molecular flexibility index (Phi) is 10.9. The summed E-state index contributed by atoms with van der Waals surface area (Å²) in [6.07, 6.45) is 11.5. The average molecular weight is 462 g/mol. The van der Waals surface area contributed by atoms with Gasteiger partial charge in [-0.1, -0.05) is 88.1 Å². The summed E-state index contributed by atoms with van der Waals surface area (Å²) in [6.45, 7) is 18.1. The molecule has 1 aromatic carbocycles. The first-order chi connectivity index (χ1) is 15.0. The van der Waals surface area contributed by atoms with Gasteiger partial charge in [-0.15, -0.1) is 0 Å². The van der Waals surface area contributed by atoms with Crippen LogP contribution >= 0.6 is 0 Å². The summed E-state index contributed by atoms with van der Waals surface area (Å²) < 4.78 is 6.15. The lowest BCUT2D eigenvalue weighted by Gasteiger charge is -2.52. The van der Waals surface area contributed by atoms with Crippen LogP contribution in [0.15, 0.2) is 30.3 Å². The normalized spacial score (nSPS) is 19.7. The van der Waals surface area contributed by atoms with Crippen LogP contribution in [0.2, 0.25) is 25.7 Å². The van der Waals surface area contributed by atoms with E-state index in [9.17, 15) is 0 Å². The summed E-state index contributed by atoms with van der Waals surface area (Å²) in [4.78, 5) is 6.72. The van der Waals surface area contributed by atoms with Crippen molar-refractivity contribution in [3.05, 3.63) is 35.9 Å². The Balaban J connectivity index is 1.78. The van der Waals surface area contributed by atoms with Crippen LogP contribution in [0.1, 0.15) is 97.1 Å². The molecule has 0 saturated carbocycles. The van der Waals surface area contributed by atoms with E-state index in [0.717, 1.165) is 25.9 Å². The number of piperidine rings is 1. The van der Waals surface area contributed by atoms with Crippen molar-refractivity contribution in [1.82, 2.24) is 5.06 Å². The molecule has 1 aromatic rings. The number of hydrogen-bond acceptors (Lipinski definition) is 3. The van der Waals surface area contributed by atoms with E-state index >= 15 is 0 Å². The summed E-state index contributed by atoms with van der Waals surface area (Å²) >= 11 is 0. The maximum Gasteiger partial charge on any atom is 0.128 e. The molecule has 1 aliphatic heterocycles. The summed E-state index contributed by atoms with van der Waals surface area (Å²) in [7, 11) is -0.852. The Bertz CT molecular complexity index is 623. The zero-order chi connectivity index (χ0) is 23.7. The minimum absolute atomic E-state index is 0.0320. The smallest absolute Gasteiger partial charge is 0.128 e. The molecule has 1 heterocycles. The van der Waals surface area contributed by atoms with Crippen molar-refractivity contribution in [3.63, 3.8) is 0 Å². The standard InChI is InChI=1S/C28H51NO2Si/c1-27(2)20-17-21-28(3,4)29(27)31-26(25-18-13-12-14-19-25)24-30-22-15-10-8-9-11-16-23-32(5,6)7/h12-14,18-19,26H,8-11,15-17,20-24H2,1-7H3. The molecule has 1 unspecified atom stereocenters. The molecule has 3 nitrogen and oxygen atoms in total. The van der Waals surface area contributed by atoms with Crippen LogP contribution in [0.5, 0.6) is 0 Å². The largest absolute Gasteiger partial charge is 0.378 e.